The van der Waals surface area contributed by atoms with E-state index in [9.17, 15) is 9.90 Å². The van der Waals surface area contributed by atoms with Crippen molar-refractivity contribution < 1.29 is 33.6 Å². The Morgan fingerprint density at radius 1 is 0.842 bits per heavy atom. The van der Waals surface area contributed by atoms with Crippen LogP contribution in [-0.4, -0.2) is 57.5 Å². The molecular formula is C30H35NO7. The molecule has 1 aliphatic heterocycles. The summed E-state index contributed by atoms with van der Waals surface area (Å²) in [5.74, 6) is 1.83. The number of hydrogen-bond donors (Lipinski definition) is 1. The molecule has 0 radical (unpaired) electrons. The molecule has 1 heterocycles. The predicted molar refractivity (Wildman–Crippen MR) is 144 cm³/mol. The first-order valence-electron chi connectivity index (χ1n) is 12.6. The van der Waals surface area contributed by atoms with Crippen LogP contribution in [0.3, 0.4) is 0 Å². The molecule has 8 nitrogen and oxygen atoms in total. The molecule has 3 aromatic carbocycles. The van der Waals surface area contributed by atoms with Crippen molar-refractivity contribution in [2.24, 2.45) is 5.92 Å². The van der Waals surface area contributed by atoms with Gasteiger partial charge in [0.05, 0.1) is 46.0 Å². The van der Waals surface area contributed by atoms with E-state index in [1.54, 1.807) is 28.4 Å². The number of carbonyl (C=O) groups is 1. The monoisotopic (exact) mass is 521 g/mol. The van der Waals surface area contributed by atoms with Gasteiger partial charge in [0.1, 0.15) is 18.1 Å². The molecule has 38 heavy (non-hydrogen) atoms. The molecule has 202 valence electrons. The number of nitrogens with zero attached hydrogens (tertiary/aromatic N) is 1. The molecule has 1 saturated heterocycles. The third-order valence-electron chi connectivity index (χ3n) is 7.01. The smallest absolute Gasteiger partial charge is 0.306 e. The van der Waals surface area contributed by atoms with Gasteiger partial charge in [-0.15, -0.1) is 0 Å². The Hall–Kier alpha value is -3.91. The standard InChI is InChI=1S/C30H35NO7/c1-34-23-11-8-12-24(35-2)27(23)28(31-15-13-21(14-16-31)30(32)33)22-17-25(36-3)29(26(18-22)37-4)38-19-20-9-6-5-7-10-20/h5-12,17-18,21,28H,13-16,19H2,1-4H3,(H,32,33). The summed E-state index contributed by atoms with van der Waals surface area (Å²) in [4.78, 5) is 13.9. The van der Waals surface area contributed by atoms with Gasteiger partial charge >= 0.3 is 5.97 Å². The van der Waals surface area contributed by atoms with Gasteiger partial charge in [-0.2, -0.15) is 0 Å². The van der Waals surface area contributed by atoms with Gasteiger partial charge in [0.2, 0.25) is 5.75 Å². The zero-order valence-electron chi connectivity index (χ0n) is 22.3. The Morgan fingerprint density at radius 3 is 1.89 bits per heavy atom. The first kappa shape index (κ1) is 27.1. The van der Waals surface area contributed by atoms with Crippen LogP contribution in [0.25, 0.3) is 0 Å². The molecule has 8 heteroatoms. The van der Waals surface area contributed by atoms with Crippen molar-refractivity contribution in [3.05, 3.63) is 77.4 Å². The first-order valence-corrected chi connectivity index (χ1v) is 12.6. The molecule has 1 fully saturated rings. The number of benzene rings is 3. The lowest BCUT2D eigenvalue weighted by atomic mass is 9.90. The molecule has 1 atom stereocenters. The average Bonchev–Trinajstić information content (AvgIpc) is 2.96. The summed E-state index contributed by atoms with van der Waals surface area (Å²) in [7, 11) is 6.47. The summed E-state index contributed by atoms with van der Waals surface area (Å²) in [6, 6.07) is 19.2. The molecule has 0 amide bonds. The average molecular weight is 522 g/mol. The second-order valence-electron chi connectivity index (χ2n) is 9.16. The van der Waals surface area contributed by atoms with Crippen molar-refractivity contribution in [3.8, 4) is 28.7 Å². The number of carboxylic acid groups (broad SMARTS) is 1. The van der Waals surface area contributed by atoms with Gasteiger partial charge in [-0.1, -0.05) is 36.4 Å². The van der Waals surface area contributed by atoms with E-state index >= 15 is 0 Å². The quantitative estimate of drug-likeness (QED) is 0.369. The number of piperidine rings is 1. The van der Waals surface area contributed by atoms with Crippen LogP contribution in [-0.2, 0) is 11.4 Å². The molecular weight excluding hydrogens is 486 g/mol. The zero-order valence-corrected chi connectivity index (χ0v) is 22.3. The first-order chi connectivity index (χ1) is 18.5. The molecule has 0 spiro atoms. The highest BCUT2D eigenvalue weighted by molar-refractivity contribution is 5.70. The topological polar surface area (TPSA) is 86.7 Å². The lowest BCUT2D eigenvalue weighted by Crippen LogP contribution is -2.39. The minimum atomic E-state index is -0.751. The molecule has 1 unspecified atom stereocenters. The van der Waals surface area contributed by atoms with Crippen molar-refractivity contribution in [2.75, 3.05) is 41.5 Å². The summed E-state index contributed by atoms with van der Waals surface area (Å²) < 4.78 is 29.3. The Balaban J connectivity index is 1.79. The fourth-order valence-corrected chi connectivity index (χ4v) is 5.04. The van der Waals surface area contributed by atoms with Crippen LogP contribution in [0.1, 0.15) is 35.6 Å². The van der Waals surface area contributed by atoms with Gasteiger partial charge in [-0.3, -0.25) is 9.69 Å². The largest absolute Gasteiger partial charge is 0.496 e. The number of likely N-dealkylation sites (tertiary alicyclic amines) is 1. The highest BCUT2D eigenvalue weighted by Crippen LogP contribution is 2.47. The highest BCUT2D eigenvalue weighted by Gasteiger charge is 2.34. The number of carboxylic acids is 1. The molecule has 1 N–H and O–H groups in total. The molecule has 3 aromatic rings. The van der Waals surface area contributed by atoms with E-state index in [-0.39, 0.29) is 12.0 Å². The van der Waals surface area contributed by atoms with Crippen molar-refractivity contribution in [2.45, 2.75) is 25.5 Å². The van der Waals surface area contributed by atoms with Gasteiger partial charge in [0.15, 0.2) is 11.5 Å². The van der Waals surface area contributed by atoms with Crippen molar-refractivity contribution >= 4 is 5.97 Å². The fraction of sp³-hybridized carbons (Fsp3) is 0.367. The lowest BCUT2D eigenvalue weighted by Gasteiger charge is -2.38. The Labute approximate surface area is 223 Å². The van der Waals surface area contributed by atoms with Crippen molar-refractivity contribution in [1.29, 1.82) is 0 Å². The fourth-order valence-electron chi connectivity index (χ4n) is 5.04. The maximum Gasteiger partial charge on any atom is 0.306 e. The van der Waals surface area contributed by atoms with E-state index in [1.807, 2.05) is 60.7 Å². The normalized spacial score (nSPS) is 14.9. The molecule has 4 rings (SSSR count). The van der Waals surface area contributed by atoms with E-state index in [2.05, 4.69) is 4.90 Å². The number of hydrogen-bond acceptors (Lipinski definition) is 7. The number of ether oxygens (including phenoxy) is 5. The van der Waals surface area contributed by atoms with Crippen LogP contribution in [0.4, 0.5) is 0 Å². The number of aliphatic carboxylic acids is 1. The SMILES string of the molecule is COc1cc(C(c2c(OC)cccc2OC)N2CCC(C(=O)O)CC2)cc(OC)c1OCc1ccccc1. The summed E-state index contributed by atoms with van der Waals surface area (Å²) >= 11 is 0. The van der Waals surface area contributed by atoms with Gasteiger partial charge < -0.3 is 28.8 Å². The summed E-state index contributed by atoms with van der Waals surface area (Å²) in [6.45, 7) is 1.55. The molecule has 0 aliphatic carbocycles. The second-order valence-corrected chi connectivity index (χ2v) is 9.16. The third-order valence-corrected chi connectivity index (χ3v) is 7.01. The maximum absolute atomic E-state index is 11.6. The Morgan fingerprint density at radius 2 is 1.39 bits per heavy atom. The van der Waals surface area contributed by atoms with Gasteiger partial charge in [0.25, 0.3) is 0 Å². The Kier molecular flexibility index (Phi) is 8.97. The second kappa shape index (κ2) is 12.6. The maximum atomic E-state index is 11.6. The van der Waals surface area contributed by atoms with Crippen LogP contribution < -0.4 is 23.7 Å². The summed E-state index contributed by atoms with van der Waals surface area (Å²) in [6.07, 6.45) is 1.10. The van der Waals surface area contributed by atoms with E-state index in [4.69, 9.17) is 23.7 Å². The summed E-state index contributed by atoms with van der Waals surface area (Å²) in [5.41, 5.74) is 2.77. The van der Waals surface area contributed by atoms with Crippen LogP contribution in [0.15, 0.2) is 60.7 Å². The van der Waals surface area contributed by atoms with E-state index in [0.29, 0.717) is 61.3 Å². The van der Waals surface area contributed by atoms with Crippen molar-refractivity contribution in [1.82, 2.24) is 4.90 Å². The van der Waals surface area contributed by atoms with Gasteiger partial charge in [0, 0.05) is 0 Å². The summed E-state index contributed by atoms with van der Waals surface area (Å²) in [5, 5.41) is 9.56. The minimum absolute atomic E-state index is 0.304. The van der Waals surface area contributed by atoms with Gasteiger partial charge in [-0.05, 0) is 61.3 Å². The number of rotatable bonds is 11. The molecule has 0 bridgehead atoms. The van der Waals surface area contributed by atoms with E-state index < -0.39 is 5.97 Å². The molecule has 0 aromatic heterocycles. The Bertz CT molecular complexity index is 1180. The van der Waals surface area contributed by atoms with E-state index in [1.165, 1.54) is 0 Å². The zero-order chi connectivity index (χ0) is 27.1. The third kappa shape index (κ3) is 5.81. The molecule has 0 saturated carbocycles. The van der Waals surface area contributed by atoms with Crippen LogP contribution in [0, 0.1) is 5.92 Å². The van der Waals surface area contributed by atoms with Crippen molar-refractivity contribution in [3.63, 3.8) is 0 Å². The lowest BCUT2D eigenvalue weighted by molar-refractivity contribution is -0.143. The van der Waals surface area contributed by atoms with E-state index in [0.717, 1.165) is 16.7 Å². The van der Waals surface area contributed by atoms with Crippen LogP contribution >= 0.6 is 0 Å². The minimum Gasteiger partial charge on any atom is -0.496 e. The van der Waals surface area contributed by atoms with Crippen LogP contribution in [0.2, 0.25) is 0 Å². The van der Waals surface area contributed by atoms with Gasteiger partial charge in [-0.25, -0.2) is 0 Å². The van der Waals surface area contributed by atoms with Crippen LogP contribution in [0.5, 0.6) is 28.7 Å². The number of methoxy groups -OCH3 is 4. The predicted octanol–water partition coefficient (Wildman–Crippen LogP) is 5.19. The highest BCUT2D eigenvalue weighted by atomic mass is 16.5. The molecule has 1 aliphatic rings.